The summed E-state index contributed by atoms with van der Waals surface area (Å²) in [5.41, 5.74) is 7.65. The molecule has 1 amide bonds. The van der Waals surface area contributed by atoms with Crippen LogP contribution in [0.1, 0.15) is 11.1 Å². The molecule has 2 aromatic carbocycles. The van der Waals surface area contributed by atoms with Crippen LogP contribution in [0.2, 0.25) is 5.02 Å². The summed E-state index contributed by atoms with van der Waals surface area (Å²) in [4.78, 5) is 18.3. The Labute approximate surface area is 171 Å². The lowest BCUT2D eigenvalue weighted by atomic mass is 9.99. The number of benzodiazepines with no additional fused rings is 1. The van der Waals surface area contributed by atoms with Crippen molar-refractivity contribution in [3.8, 4) is 0 Å². The van der Waals surface area contributed by atoms with Crippen molar-refractivity contribution in [1.82, 2.24) is 0 Å². The maximum absolute atomic E-state index is 14.2. The second-order valence-corrected chi connectivity index (χ2v) is 5.58. The van der Waals surface area contributed by atoms with Crippen LogP contribution in [0, 0.1) is 5.82 Å². The number of anilines is 1. The number of aliphatic imine (C=N–C) groups is 1. The summed E-state index contributed by atoms with van der Waals surface area (Å²) in [6.45, 7) is 0.631. The van der Waals surface area contributed by atoms with Crippen molar-refractivity contribution in [2.45, 2.75) is 0 Å². The number of carbonyl (C=O) groups is 1. The lowest BCUT2D eigenvalue weighted by Crippen LogP contribution is -2.36. The third kappa shape index (κ3) is 4.47. The summed E-state index contributed by atoms with van der Waals surface area (Å²) in [7, 11) is 0. The molecule has 0 bridgehead atoms. The minimum absolute atomic E-state index is 0. The molecule has 1 heterocycles. The maximum atomic E-state index is 14.2. The number of amides is 1. The Bertz CT molecular complexity index is 801. The van der Waals surface area contributed by atoms with Gasteiger partial charge in [0.15, 0.2) is 0 Å². The molecular weight excluding hydrogens is 476 g/mol. The normalized spacial score (nSPS) is 13.2. The SMILES string of the molecule is Br.Br.NCCN1C(=O)CN=C(c2ccccc2F)c2cc(Cl)ccc21. The van der Waals surface area contributed by atoms with Crippen LogP contribution in [0.4, 0.5) is 10.1 Å². The average Bonchev–Trinajstić information content (AvgIpc) is 2.66. The van der Waals surface area contributed by atoms with E-state index in [1.54, 1.807) is 41.3 Å². The van der Waals surface area contributed by atoms with Crippen molar-refractivity contribution >= 4 is 62.9 Å². The fourth-order valence-corrected chi connectivity index (χ4v) is 2.81. The van der Waals surface area contributed by atoms with Crippen LogP contribution in [0.5, 0.6) is 0 Å². The first-order valence-corrected chi connectivity index (χ1v) is 7.59. The van der Waals surface area contributed by atoms with E-state index in [1.807, 2.05) is 0 Å². The largest absolute Gasteiger partial charge is 0.329 e. The van der Waals surface area contributed by atoms with Gasteiger partial charge < -0.3 is 10.6 Å². The van der Waals surface area contributed by atoms with E-state index in [0.717, 1.165) is 0 Å². The van der Waals surface area contributed by atoms with Gasteiger partial charge in [-0.25, -0.2) is 4.39 Å². The second-order valence-electron chi connectivity index (χ2n) is 5.14. The number of carbonyl (C=O) groups excluding carboxylic acids is 1. The van der Waals surface area contributed by atoms with Gasteiger partial charge in [0.1, 0.15) is 12.4 Å². The van der Waals surface area contributed by atoms with Crippen molar-refractivity contribution in [3.05, 3.63) is 64.4 Å². The predicted molar refractivity (Wildman–Crippen MR) is 110 cm³/mol. The number of rotatable bonds is 3. The predicted octanol–water partition coefficient (Wildman–Crippen LogP) is 3.78. The molecule has 4 nitrogen and oxygen atoms in total. The molecule has 0 aliphatic carbocycles. The van der Waals surface area contributed by atoms with Crippen LogP contribution in [0.3, 0.4) is 0 Å². The van der Waals surface area contributed by atoms with Gasteiger partial charge in [0.2, 0.25) is 5.91 Å². The number of nitrogens with two attached hydrogens (primary N) is 1. The highest BCUT2D eigenvalue weighted by Crippen LogP contribution is 2.30. The van der Waals surface area contributed by atoms with Gasteiger partial charge >= 0.3 is 0 Å². The zero-order valence-corrected chi connectivity index (χ0v) is 17.3. The zero-order chi connectivity index (χ0) is 16.4. The van der Waals surface area contributed by atoms with Crippen LogP contribution >= 0.6 is 45.6 Å². The van der Waals surface area contributed by atoms with E-state index in [0.29, 0.717) is 40.6 Å². The van der Waals surface area contributed by atoms with E-state index in [2.05, 4.69) is 4.99 Å². The highest BCUT2D eigenvalue weighted by Gasteiger charge is 2.25. The molecule has 1 aliphatic heterocycles. The van der Waals surface area contributed by atoms with Gasteiger partial charge in [-0.2, -0.15) is 0 Å². The molecule has 0 aromatic heterocycles. The first-order chi connectivity index (χ1) is 11.1. The molecule has 0 fully saturated rings. The molecule has 134 valence electrons. The molecular formula is C17H17Br2ClFN3O. The summed E-state index contributed by atoms with van der Waals surface area (Å²) in [5.74, 6) is -0.567. The van der Waals surface area contributed by atoms with Crippen molar-refractivity contribution < 1.29 is 9.18 Å². The molecule has 2 aromatic rings. The van der Waals surface area contributed by atoms with E-state index in [4.69, 9.17) is 17.3 Å². The lowest BCUT2D eigenvalue weighted by molar-refractivity contribution is -0.117. The van der Waals surface area contributed by atoms with Gasteiger partial charge in [0, 0.05) is 29.2 Å². The molecule has 0 saturated carbocycles. The van der Waals surface area contributed by atoms with Crippen molar-refractivity contribution in [2.24, 2.45) is 10.7 Å². The first kappa shape index (κ1) is 21.8. The number of benzene rings is 2. The first-order valence-electron chi connectivity index (χ1n) is 7.21. The fourth-order valence-electron chi connectivity index (χ4n) is 2.64. The minimum atomic E-state index is -0.392. The molecule has 0 saturated heterocycles. The van der Waals surface area contributed by atoms with Crippen LogP contribution in [0.25, 0.3) is 0 Å². The standard InChI is InChI=1S/C17H15ClFN3O.2BrH/c18-11-5-6-15-13(9-11)17(12-3-1-2-4-14(12)19)21-10-16(23)22(15)8-7-20;;/h1-6,9H,7-8,10,20H2;2*1H. The third-order valence-electron chi connectivity index (χ3n) is 3.66. The van der Waals surface area contributed by atoms with Crippen molar-refractivity contribution in [2.75, 3.05) is 24.5 Å². The highest BCUT2D eigenvalue weighted by molar-refractivity contribution is 8.93. The molecule has 1 aliphatic rings. The number of hydrogen-bond acceptors (Lipinski definition) is 3. The number of hydrogen-bond donors (Lipinski definition) is 1. The van der Waals surface area contributed by atoms with E-state index in [9.17, 15) is 9.18 Å². The average molecular weight is 494 g/mol. The molecule has 25 heavy (non-hydrogen) atoms. The molecule has 0 radical (unpaired) electrons. The minimum Gasteiger partial charge on any atom is -0.329 e. The Kier molecular flexibility index (Phi) is 8.21. The zero-order valence-electron chi connectivity index (χ0n) is 13.1. The van der Waals surface area contributed by atoms with Gasteiger partial charge in [0.25, 0.3) is 0 Å². The molecule has 3 rings (SSSR count). The third-order valence-corrected chi connectivity index (χ3v) is 3.89. The van der Waals surface area contributed by atoms with Crippen molar-refractivity contribution in [1.29, 1.82) is 0 Å². The van der Waals surface area contributed by atoms with Crippen LogP contribution in [0.15, 0.2) is 47.5 Å². The number of nitrogens with zero attached hydrogens (tertiary/aromatic N) is 2. The highest BCUT2D eigenvalue weighted by atomic mass is 79.9. The van der Waals surface area contributed by atoms with Gasteiger partial charge in [-0.3, -0.25) is 9.79 Å². The Morgan fingerprint density at radius 2 is 1.88 bits per heavy atom. The topological polar surface area (TPSA) is 58.7 Å². The Hall–Kier alpha value is -1.28. The maximum Gasteiger partial charge on any atom is 0.248 e. The summed E-state index contributed by atoms with van der Waals surface area (Å²) >= 11 is 6.11. The Morgan fingerprint density at radius 3 is 2.56 bits per heavy atom. The molecule has 2 N–H and O–H groups in total. The van der Waals surface area contributed by atoms with Crippen LogP contribution < -0.4 is 10.6 Å². The molecule has 0 unspecified atom stereocenters. The smallest absolute Gasteiger partial charge is 0.248 e. The monoisotopic (exact) mass is 491 g/mol. The summed E-state index contributed by atoms with van der Waals surface area (Å²) in [5, 5.41) is 0.495. The van der Waals surface area contributed by atoms with Gasteiger partial charge in [0.05, 0.1) is 11.4 Å². The van der Waals surface area contributed by atoms with Crippen LogP contribution in [-0.4, -0.2) is 31.3 Å². The molecule has 0 spiro atoms. The van der Waals surface area contributed by atoms with E-state index < -0.39 is 5.82 Å². The lowest BCUT2D eigenvalue weighted by Gasteiger charge is -2.22. The van der Waals surface area contributed by atoms with E-state index >= 15 is 0 Å². The Balaban J connectivity index is 0.00000156. The quantitative estimate of drug-likeness (QED) is 0.708. The molecule has 8 heteroatoms. The number of fused-ring (bicyclic) bond motifs is 1. The summed E-state index contributed by atoms with van der Waals surface area (Å²) < 4.78 is 14.2. The second kappa shape index (κ2) is 9.43. The van der Waals surface area contributed by atoms with Gasteiger partial charge in [-0.05, 0) is 30.3 Å². The van der Waals surface area contributed by atoms with E-state index in [1.165, 1.54) is 6.07 Å². The van der Waals surface area contributed by atoms with Crippen LogP contribution in [-0.2, 0) is 4.79 Å². The Morgan fingerprint density at radius 1 is 1.16 bits per heavy atom. The van der Waals surface area contributed by atoms with Gasteiger partial charge in [-0.15, -0.1) is 34.0 Å². The van der Waals surface area contributed by atoms with Crippen molar-refractivity contribution in [3.63, 3.8) is 0 Å². The summed E-state index contributed by atoms with van der Waals surface area (Å²) in [6.07, 6.45) is 0. The number of halogens is 4. The molecule has 0 atom stereocenters. The van der Waals surface area contributed by atoms with Gasteiger partial charge in [-0.1, -0.05) is 23.7 Å². The fraction of sp³-hybridized carbons (Fsp3) is 0.176. The summed E-state index contributed by atoms with van der Waals surface area (Å²) in [6, 6.07) is 11.5. The van der Waals surface area contributed by atoms with E-state index in [-0.39, 0.29) is 46.4 Å².